The molecule has 6 nitrogen and oxygen atoms in total. The lowest BCUT2D eigenvalue weighted by Crippen LogP contribution is -2.46. The summed E-state index contributed by atoms with van der Waals surface area (Å²) in [5.41, 5.74) is 3.04. The van der Waals surface area contributed by atoms with Gasteiger partial charge in [-0.1, -0.05) is 59.6 Å². The molecule has 0 amide bonds. The van der Waals surface area contributed by atoms with E-state index in [1.54, 1.807) is 12.1 Å². The Morgan fingerprint density at radius 3 is 2.31 bits per heavy atom. The molecule has 1 aromatic heterocycles. The van der Waals surface area contributed by atoms with Crippen LogP contribution in [0.4, 0.5) is 5.88 Å². The molecule has 1 aliphatic rings. The first-order valence-electron chi connectivity index (χ1n) is 11.5. The number of oxazole rings is 1. The van der Waals surface area contributed by atoms with Crippen LogP contribution >= 0.6 is 11.6 Å². The van der Waals surface area contributed by atoms with E-state index in [1.807, 2.05) is 54.3 Å². The van der Waals surface area contributed by atoms with Crippen LogP contribution in [-0.4, -0.2) is 44.5 Å². The Morgan fingerprint density at radius 1 is 0.914 bits per heavy atom. The number of hydrogen-bond acceptors (Lipinski definition) is 6. The minimum absolute atomic E-state index is 0.0622. The molecular formula is C27H26ClN3O3S. The number of aromatic nitrogens is 1. The van der Waals surface area contributed by atoms with E-state index in [0.29, 0.717) is 24.0 Å². The van der Waals surface area contributed by atoms with E-state index in [1.165, 1.54) is 17.7 Å². The predicted octanol–water partition coefficient (Wildman–Crippen LogP) is 5.46. The minimum Gasteiger partial charge on any atom is -0.419 e. The summed E-state index contributed by atoms with van der Waals surface area (Å²) in [5, 5.41) is 0.409. The smallest absolute Gasteiger partial charge is 0.236 e. The summed E-state index contributed by atoms with van der Waals surface area (Å²) in [5.74, 6) is 0.582. The van der Waals surface area contributed by atoms with Crippen molar-refractivity contribution in [3.8, 4) is 11.5 Å². The Labute approximate surface area is 210 Å². The van der Waals surface area contributed by atoms with Crippen molar-refractivity contribution < 1.29 is 12.8 Å². The van der Waals surface area contributed by atoms with Gasteiger partial charge in [0.1, 0.15) is 0 Å². The molecule has 0 atom stereocenters. The molecule has 3 aromatic carbocycles. The van der Waals surface area contributed by atoms with Gasteiger partial charge in [0.25, 0.3) is 0 Å². The predicted molar refractivity (Wildman–Crippen MR) is 138 cm³/mol. The highest BCUT2D eigenvalue weighted by atomic mass is 35.5. The van der Waals surface area contributed by atoms with Gasteiger partial charge in [0.05, 0.1) is 4.90 Å². The number of hydrogen-bond donors (Lipinski definition) is 0. The third-order valence-electron chi connectivity index (χ3n) is 6.13. The molecule has 4 aromatic rings. The van der Waals surface area contributed by atoms with Crippen LogP contribution in [0, 0.1) is 6.92 Å². The van der Waals surface area contributed by atoms with Crippen molar-refractivity contribution in [1.82, 2.24) is 9.88 Å². The van der Waals surface area contributed by atoms with Crippen molar-refractivity contribution in [2.75, 3.05) is 31.1 Å². The van der Waals surface area contributed by atoms with Crippen LogP contribution in [0.1, 0.15) is 11.1 Å². The van der Waals surface area contributed by atoms with Crippen LogP contribution < -0.4 is 4.90 Å². The maximum atomic E-state index is 13.6. The van der Waals surface area contributed by atoms with Gasteiger partial charge in [0, 0.05) is 43.3 Å². The van der Waals surface area contributed by atoms with Crippen LogP contribution in [0.25, 0.3) is 11.5 Å². The lowest BCUT2D eigenvalue weighted by molar-refractivity contribution is 0.245. The molecule has 1 aliphatic heterocycles. The van der Waals surface area contributed by atoms with Crippen LogP contribution in [0.15, 0.2) is 93.2 Å². The zero-order chi connectivity index (χ0) is 24.4. The highest BCUT2D eigenvalue weighted by Crippen LogP contribution is 2.35. The Hall–Kier alpha value is -3.13. The number of piperazine rings is 1. The second kappa shape index (κ2) is 9.85. The van der Waals surface area contributed by atoms with Crippen molar-refractivity contribution in [1.29, 1.82) is 0 Å². The van der Waals surface area contributed by atoms with E-state index in [0.717, 1.165) is 30.8 Å². The molecule has 0 unspecified atom stereocenters. The van der Waals surface area contributed by atoms with Gasteiger partial charge in [0.15, 0.2) is 0 Å². The maximum absolute atomic E-state index is 13.6. The second-order valence-electron chi connectivity index (χ2n) is 8.70. The molecular weight excluding hydrogens is 482 g/mol. The van der Waals surface area contributed by atoms with Gasteiger partial charge in [0.2, 0.25) is 26.6 Å². The molecule has 0 aliphatic carbocycles. The highest BCUT2D eigenvalue weighted by Gasteiger charge is 2.33. The molecule has 1 saturated heterocycles. The van der Waals surface area contributed by atoms with Gasteiger partial charge in [-0.25, -0.2) is 8.42 Å². The second-order valence-corrected chi connectivity index (χ2v) is 11.0. The van der Waals surface area contributed by atoms with Crippen LogP contribution in [0.3, 0.4) is 0 Å². The summed E-state index contributed by atoms with van der Waals surface area (Å²) in [4.78, 5) is 8.99. The molecule has 0 bridgehead atoms. The summed E-state index contributed by atoms with van der Waals surface area (Å²) >= 11 is 5.99. The molecule has 1 fully saturated rings. The normalized spacial score (nSPS) is 14.9. The number of benzene rings is 3. The van der Waals surface area contributed by atoms with Crippen LogP contribution in [0.5, 0.6) is 0 Å². The number of anilines is 1. The maximum Gasteiger partial charge on any atom is 0.236 e. The molecule has 8 heteroatoms. The Balaban J connectivity index is 1.47. The van der Waals surface area contributed by atoms with Gasteiger partial charge >= 0.3 is 0 Å². The number of nitrogens with zero attached hydrogens (tertiary/aromatic N) is 3. The fraction of sp³-hybridized carbons (Fsp3) is 0.222. The summed E-state index contributed by atoms with van der Waals surface area (Å²) in [6.07, 6.45) is 0. The molecule has 0 spiro atoms. The van der Waals surface area contributed by atoms with Gasteiger partial charge in [-0.05, 0) is 48.9 Å². The fourth-order valence-electron chi connectivity index (χ4n) is 4.25. The molecule has 35 heavy (non-hydrogen) atoms. The third-order valence-corrected chi connectivity index (χ3v) is 8.05. The topological polar surface area (TPSA) is 66.7 Å². The number of sulfone groups is 1. The average Bonchev–Trinajstić information content (AvgIpc) is 3.32. The van der Waals surface area contributed by atoms with E-state index in [2.05, 4.69) is 22.0 Å². The molecule has 0 N–H and O–H groups in total. The van der Waals surface area contributed by atoms with E-state index in [4.69, 9.17) is 16.0 Å². The minimum atomic E-state index is -3.91. The third kappa shape index (κ3) is 5.12. The van der Waals surface area contributed by atoms with Crippen molar-refractivity contribution in [2.24, 2.45) is 0 Å². The monoisotopic (exact) mass is 507 g/mol. The lowest BCUT2D eigenvalue weighted by atomic mass is 10.1. The Bertz CT molecular complexity index is 1410. The quantitative estimate of drug-likeness (QED) is 0.345. The summed E-state index contributed by atoms with van der Waals surface area (Å²) < 4.78 is 33.4. The molecule has 0 saturated carbocycles. The highest BCUT2D eigenvalue weighted by molar-refractivity contribution is 7.91. The Morgan fingerprint density at radius 2 is 1.63 bits per heavy atom. The van der Waals surface area contributed by atoms with Gasteiger partial charge in [-0.15, -0.1) is 0 Å². The first-order valence-corrected chi connectivity index (χ1v) is 13.4. The molecule has 180 valence electrons. The lowest BCUT2D eigenvalue weighted by Gasteiger charge is -2.34. The molecule has 0 radical (unpaired) electrons. The van der Waals surface area contributed by atoms with Crippen molar-refractivity contribution in [3.05, 3.63) is 95.0 Å². The van der Waals surface area contributed by atoms with Crippen LogP contribution in [0.2, 0.25) is 5.02 Å². The van der Waals surface area contributed by atoms with Gasteiger partial charge < -0.3 is 9.32 Å². The SMILES string of the molecule is Cc1cccc(-c2nc(S(=O)(=O)c3ccc(Cl)cc3)c(N3CCN(Cc4ccccc4)CC3)o2)c1. The summed E-state index contributed by atoms with van der Waals surface area (Å²) in [6.45, 7) is 5.68. The van der Waals surface area contributed by atoms with Gasteiger partial charge in [-0.3, -0.25) is 4.90 Å². The fourth-order valence-corrected chi connectivity index (χ4v) is 5.70. The van der Waals surface area contributed by atoms with Gasteiger partial charge in [-0.2, -0.15) is 4.98 Å². The van der Waals surface area contributed by atoms with Crippen LogP contribution in [-0.2, 0) is 16.4 Å². The van der Waals surface area contributed by atoms with E-state index in [9.17, 15) is 8.42 Å². The zero-order valence-electron chi connectivity index (χ0n) is 19.4. The number of rotatable bonds is 6. The van der Waals surface area contributed by atoms with Crippen molar-refractivity contribution in [3.63, 3.8) is 0 Å². The van der Waals surface area contributed by atoms with Crippen molar-refractivity contribution in [2.45, 2.75) is 23.4 Å². The Kier molecular flexibility index (Phi) is 6.65. The molecule has 2 heterocycles. The van der Waals surface area contributed by atoms with Crippen molar-refractivity contribution >= 4 is 27.3 Å². The summed E-state index contributed by atoms with van der Waals surface area (Å²) in [6, 6.07) is 24.2. The van der Waals surface area contributed by atoms with E-state index in [-0.39, 0.29) is 15.8 Å². The van der Waals surface area contributed by atoms with E-state index >= 15 is 0 Å². The van der Waals surface area contributed by atoms with E-state index < -0.39 is 9.84 Å². The first kappa shape index (κ1) is 23.6. The largest absolute Gasteiger partial charge is 0.419 e. The standard InChI is InChI=1S/C27H26ClN3O3S/c1-20-6-5-9-22(18-20)25-29-26(35(32,33)24-12-10-23(28)11-13-24)27(34-25)31-16-14-30(15-17-31)19-21-7-3-2-4-8-21/h2-13,18H,14-17,19H2,1H3. The number of aryl methyl sites for hydroxylation is 1. The summed E-state index contributed by atoms with van der Waals surface area (Å²) in [7, 11) is -3.91. The zero-order valence-corrected chi connectivity index (χ0v) is 21.0. The first-order chi connectivity index (χ1) is 16.9. The number of halogens is 1. The molecule has 5 rings (SSSR count). The average molecular weight is 508 g/mol.